The first-order chi connectivity index (χ1) is 8.58. The van der Waals surface area contributed by atoms with E-state index in [2.05, 4.69) is 5.32 Å². The number of carbonyl (C=O) groups is 1. The lowest BCUT2D eigenvalue weighted by atomic mass is 9.84. The molecule has 0 aliphatic heterocycles. The number of halogens is 2. The minimum absolute atomic E-state index is 0.0439. The van der Waals surface area contributed by atoms with Gasteiger partial charge in [0.15, 0.2) is 0 Å². The largest absolute Gasteiger partial charge is 0.327 e. The lowest BCUT2D eigenvalue weighted by molar-refractivity contribution is -0.121. The van der Waals surface area contributed by atoms with Gasteiger partial charge in [0.1, 0.15) is 5.82 Å². The second kappa shape index (κ2) is 5.67. The van der Waals surface area contributed by atoms with E-state index in [0.717, 1.165) is 25.7 Å². The van der Waals surface area contributed by atoms with E-state index >= 15 is 0 Å². The number of nitrogens with two attached hydrogens (primary N) is 1. The van der Waals surface area contributed by atoms with Gasteiger partial charge in [0.2, 0.25) is 5.91 Å². The molecule has 2 unspecified atom stereocenters. The quantitative estimate of drug-likeness (QED) is 0.868. The normalized spacial score (nSPS) is 23.7. The van der Waals surface area contributed by atoms with Gasteiger partial charge >= 0.3 is 0 Å². The van der Waals surface area contributed by atoms with Crippen LogP contribution in [-0.4, -0.2) is 11.9 Å². The molecule has 0 bridgehead atoms. The van der Waals surface area contributed by atoms with Crippen LogP contribution in [0.5, 0.6) is 0 Å². The van der Waals surface area contributed by atoms with Crippen LogP contribution in [0.4, 0.5) is 10.1 Å². The van der Waals surface area contributed by atoms with E-state index in [4.69, 9.17) is 17.3 Å². The summed E-state index contributed by atoms with van der Waals surface area (Å²) in [6.45, 7) is 0. The molecule has 1 saturated carbocycles. The molecule has 0 spiro atoms. The maximum Gasteiger partial charge on any atom is 0.229 e. The molecule has 18 heavy (non-hydrogen) atoms. The molecule has 3 nitrogen and oxygen atoms in total. The molecule has 0 radical (unpaired) electrons. The Morgan fingerprint density at radius 1 is 1.39 bits per heavy atom. The molecule has 2 rings (SSSR count). The standard InChI is InChI=1S/C13H16ClFN2O/c14-10-6-5-8(7-11(10)15)17-13(18)9-3-1-2-4-12(9)16/h5-7,9,12H,1-4,16H2,(H,17,18). The van der Waals surface area contributed by atoms with E-state index in [1.165, 1.54) is 12.1 Å². The topological polar surface area (TPSA) is 55.1 Å². The minimum Gasteiger partial charge on any atom is -0.327 e. The van der Waals surface area contributed by atoms with E-state index < -0.39 is 5.82 Å². The Morgan fingerprint density at radius 3 is 2.78 bits per heavy atom. The van der Waals surface area contributed by atoms with Crippen molar-refractivity contribution in [1.82, 2.24) is 0 Å². The van der Waals surface area contributed by atoms with E-state index in [9.17, 15) is 9.18 Å². The minimum atomic E-state index is -0.539. The average Bonchev–Trinajstić information content (AvgIpc) is 2.34. The van der Waals surface area contributed by atoms with Crippen molar-refractivity contribution in [3.63, 3.8) is 0 Å². The van der Waals surface area contributed by atoms with Crippen LogP contribution in [0, 0.1) is 11.7 Å². The molecule has 98 valence electrons. The number of hydrogen-bond acceptors (Lipinski definition) is 2. The summed E-state index contributed by atoms with van der Waals surface area (Å²) in [5.74, 6) is -0.858. The van der Waals surface area contributed by atoms with Crippen molar-refractivity contribution in [2.24, 2.45) is 11.7 Å². The molecular formula is C13H16ClFN2O. The predicted octanol–water partition coefficient (Wildman–Crippen LogP) is 2.94. The van der Waals surface area contributed by atoms with Crippen LogP contribution in [0.1, 0.15) is 25.7 Å². The molecule has 0 aromatic heterocycles. The molecule has 1 aromatic carbocycles. The Kier molecular flexibility index (Phi) is 4.19. The van der Waals surface area contributed by atoms with Gasteiger partial charge in [0, 0.05) is 11.7 Å². The highest BCUT2D eigenvalue weighted by Crippen LogP contribution is 2.25. The summed E-state index contributed by atoms with van der Waals surface area (Å²) in [6.07, 6.45) is 3.75. The van der Waals surface area contributed by atoms with Crippen LogP contribution >= 0.6 is 11.6 Å². The van der Waals surface area contributed by atoms with Crippen LogP contribution in [0.15, 0.2) is 18.2 Å². The lowest BCUT2D eigenvalue weighted by Crippen LogP contribution is -2.40. The molecular weight excluding hydrogens is 255 g/mol. The molecule has 0 heterocycles. The second-order valence-corrected chi connectivity index (χ2v) is 5.08. The van der Waals surface area contributed by atoms with Crippen molar-refractivity contribution in [3.8, 4) is 0 Å². The monoisotopic (exact) mass is 270 g/mol. The highest BCUT2D eigenvalue weighted by molar-refractivity contribution is 6.30. The fraction of sp³-hybridized carbons (Fsp3) is 0.462. The Bertz CT molecular complexity index is 453. The van der Waals surface area contributed by atoms with Gasteiger partial charge in [-0.05, 0) is 31.0 Å². The van der Waals surface area contributed by atoms with E-state index in [1.54, 1.807) is 6.07 Å². The third kappa shape index (κ3) is 3.00. The Labute approximate surface area is 111 Å². The predicted molar refractivity (Wildman–Crippen MR) is 70.0 cm³/mol. The zero-order valence-electron chi connectivity index (χ0n) is 9.96. The van der Waals surface area contributed by atoms with Gasteiger partial charge < -0.3 is 11.1 Å². The lowest BCUT2D eigenvalue weighted by Gasteiger charge is -2.27. The number of carbonyl (C=O) groups excluding carboxylic acids is 1. The first-order valence-corrected chi connectivity index (χ1v) is 6.47. The number of hydrogen-bond donors (Lipinski definition) is 2. The van der Waals surface area contributed by atoms with E-state index in [-0.39, 0.29) is 22.9 Å². The Morgan fingerprint density at radius 2 is 2.11 bits per heavy atom. The average molecular weight is 271 g/mol. The van der Waals surface area contributed by atoms with Crippen molar-refractivity contribution < 1.29 is 9.18 Å². The third-order valence-corrected chi connectivity index (χ3v) is 3.65. The summed E-state index contributed by atoms with van der Waals surface area (Å²) in [5, 5.41) is 2.74. The molecule has 2 atom stereocenters. The number of rotatable bonds is 2. The molecule has 1 aromatic rings. The SMILES string of the molecule is NC1CCCCC1C(=O)Nc1ccc(Cl)c(F)c1. The number of nitrogens with one attached hydrogen (secondary N) is 1. The van der Waals surface area contributed by atoms with Crippen molar-refractivity contribution in [2.45, 2.75) is 31.7 Å². The summed E-state index contributed by atoms with van der Waals surface area (Å²) in [7, 11) is 0. The molecule has 1 aliphatic rings. The van der Waals surface area contributed by atoms with Crippen LogP contribution in [0.3, 0.4) is 0 Å². The highest BCUT2D eigenvalue weighted by Gasteiger charge is 2.28. The van der Waals surface area contributed by atoms with Gasteiger partial charge in [-0.25, -0.2) is 4.39 Å². The Hall–Kier alpha value is -1.13. The summed E-state index contributed by atoms with van der Waals surface area (Å²) < 4.78 is 13.2. The smallest absolute Gasteiger partial charge is 0.229 e. The van der Waals surface area contributed by atoms with Crippen LogP contribution in [0.2, 0.25) is 5.02 Å². The van der Waals surface area contributed by atoms with Gasteiger partial charge in [-0.15, -0.1) is 0 Å². The highest BCUT2D eigenvalue weighted by atomic mass is 35.5. The van der Waals surface area contributed by atoms with Gasteiger partial charge in [-0.1, -0.05) is 24.4 Å². The molecule has 0 saturated heterocycles. The van der Waals surface area contributed by atoms with Gasteiger partial charge in [0.05, 0.1) is 10.9 Å². The summed E-state index contributed by atoms with van der Waals surface area (Å²) >= 11 is 5.58. The summed E-state index contributed by atoms with van der Waals surface area (Å²) in [6, 6.07) is 4.12. The van der Waals surface area contributed by atoms with Crippen LogP contribution in [0.25, 0.3) is 0 Å². The van der Waals surface area contributed by atoms with Crippen molar-refractivity contribution in [3.05, 3.63) is 29.0 Å². The fourth-order valence-corrected chi connectivity index (χ4v) is 2.41. The molecule has 1 aliphatic carbocycles. The van der Waals surface area contributed by atoms with Gasteiger partial charge in [-0.3, -0.25) is 4.79 Å². The fourth-order valence-electron chi connectivity index (χ4n) is 2.29. The molecule has 3 N–H and O–H groups in total. The number of amides is 1. The maximum atomic E-state index is 13.2. The second-order valence-electron chi connectivity index (χ2n) is 4.67. The van der Waals surface area contributed by atoms with Crippen molar-refractivity contribution in [1.29, 1.82) is 0 Å². The van der Waals surface area contributed by atoms with E-state index in [0.29, 0.717) is 5.69 Å². The Balaban J connectivity index is 2.04. The number of benzene rings is 1. The first-order valence-electron chi connectivity index (χ1n) is 6.09. The van der Waals surface area contributed by atoms with Crippen LogP contribution in [-0.2, 0) is 4.79 Å². The summed E-state index contributed by atoms with van der Waals surface area (Å²) in [4.78, 5) is 12.0. The molecule has 1 amide bonds. The van der Waals surface area contributed by atoms with Gasteiger partial charge in [-0.2, -0.15) is 0 Å². The van der Waals surface area contributed by atoms with Gasteiger partial charge in [0.25, 0.3) is 0 Å². The number of anilines is 1. The van der Waals surface area contributed by atoms with Crippen LogP contribution < -0.4 is 11.1 Å². The zero-order valence-corrected chi connectivity index (χ0v) is 10.7. The third-order valence-electron chi connectivity index (χ3n) is 3.34. The molecule has 5 heteroatoms. The zero-order chi connectivity index (χ0) is 13.1. The van der Waals surface area contributed by atoms with E-state index in [1.807, 2.05) is 0 Å². The maximum absolute atomic E-state index is 13.2. The first kappa shape index (κ1) is 13.3. The molecule has 1 fully saturated rings. The summed E-state index contributed by atoms with van der Waals surface area (Å²) in [5.41, 5.74) is 6.35. The van der Waals surface area contributed by atoms with Crippen molar-refractivity contribution >= 4 is 23.2 Å². The van der Waals surface area contributed by atoms with Crippen molar-refractivity contribution in [2.75, 3.05) is 5.32 Å².